The first-order valence-electron chi connectivity index (χ1n) is 5.02. The molecule has 0 bridgehead atoms. The fraction of sp³-hybridized carbons (Fsp3) is 0.636. The quantitative estimate of drug-likeness (QED) is 0.714. The van der Waals surface area contributed by atoms with E-state index in [0.29, 0.717) is 5.92 Å². The molecule has 1 aromatic rings. The third-order valence-corrected chi connectivity index (χ3v) is 3.28. The monoisotopic (exact) mass is 197 g/mol. The Kier molecular flexibility index (Phi) is 4.46. The van der Waals surface area contributed by atoms with E-state index < -0.39 is 0 Å². The van der Waals surface area contributed by atoms with Gasteiger partial charge in [0.1, 0.15) is 0 Å². The Morgan fingerprint density at radius 1 is 1.46 bits per heavy atom. The summed E-state index contributed by atoms with van der Waals surface area (Å²) in [6, 6.07) is 2.32. The lowest BCUT2D eigenvalue weighted by atomic mass is 10.1. The summed E-state index contributed by atoms with van der Waals surface area (Å²) in [5, 5.41) is 5.67. The molecule has 1 rings (SSSR count). The maximum atomic E-state index is 3.41. The van der Waals surface area contributed by atoms with Crippen molar-refractivity contribution in [1.29, 1.82) is 0 Å². The zero-order valence-electron chi connectivity index (χ0n) is 8.76. The summed E-state index contributed by atoms with van der Waals surface area (Å²) in [7, 11) is 0. The highest BCUT2D eigenvalue weighted by atomic mass is 32.1. The first kappa shape index (κ1) is 10.7. The molecule has 1 N–H and O–H groups in total. The molecule has 13 heavy (non-hydrogen) atoms. The van der Waals surface area contributed by atoms with Gasteiger partial charge in [0, 0.05) is 11.4 Å². The van der Waals surface area contributed by atoms with Gasteiger partial charge in [-0.05, 0) is 35.9 Å². The minimum Gasteiger partial charge on any atom is -0.313 e. The lowest BCUT2D eigenvalue weighted by Gasteiger charge is -2.00. The highest BCUT2D eigenvalue weighted by Gasteiger charge is 2.02. The van der Waals surface area contributed by atoms with E-state index in [9.17, 15) is 0 Å². The molecule has 2 heteroatoms. The average Bonchev–Trinajstić information content (AvgIpc) is 2.53. The van der Waals surface area contributed by atoms with Gasteiger partial charge in [0.2, 0.25) is 0 Å². The molecule has 0 fully saturated rings. The molecule has 1 heterocycles. The van der Waals surface area contributed by atoms with Crippen LogP contribution in [0.15, 0.2) is 11.4 Å². The predicted octanol–water partition coefficient (Wildman–Crippen LogP) is 3.37. The van der Waals surface area contributed by atoms with E-state index in [1.54, 1.807) is 0 Å². The Balaban J connectivity index is 2.40. The van der Waals surface area contributed by atoms with Crippen molar-refractivity contribution in [3.05, 3.63) is 21.9 Å². The number of thiophene rings is 1. The molecule has 1 nitrogen and oxygen atoms in total. The van der Waals surface area contributed by atoms with Gasteiger partial charge in [-0.1, -0.05) is 20.8 Å². The molecular formula is C11H19NS. The maximum Gasteiger partial charge on any atom is 0.0213 e. The summed E-state index contributed by atoms with van der Waals surface area (Å²) >= 11 is 1.88. The molecule has 0 saturated heterocycles. The summed E-state index contributed by atoms with van der Waals surface area (Å²) < 4.78 is 0. The van der Waals surface area contributed by atoms with E-state index in [4.69, 9.17) is 0 Å². The second-order valence-corrected chi connectivity index (χ2v) is 4.63. The van der Waals surface area contributed by atoms with Crippen molar-refractivity contribution in [2.75, 3.05) is 6.54 Å². The van der Waals surface area contributed by atoms with Crippen LogP contribution in [0.25, 0.3) is 0 Å². The summed E-state index contributed by atoms with van der Waals surface area (Å²) in [5.74, 6) is 0.671. The summed E-state index contributed by atoms with van der Waals surface area (Å²) in [6.45, 7) is 8.83. The van der Waals surface area contributed by atoms with Crippen molar-refractivity contribution >= 4 is 11.3 Å². The van der Waals surface area contributed by atoms with Crippen LogP contribution in [0.3, 0.4) is 0 Å². The van der Waals surface area contributed by atoms with Gasteiger partial charge in [0.15, 0.2) is 0 Å². The average molecular weight is 197 g/mol. The Hall–Kier alpha value is -0.340. The van der Waals surface area contributed by atoms with Crippen LogP contribution in [0, 0.1) is 0 Å². The van der Waals surface area contributed by atoms with E-state index >= 15 is 0 Å². The van der Waals surface area contributed by atoms with Crippen LogP contribution >= 0.6 is 11.3 Å². The number of hydrogen-bond acceptors (Lipinski definition) is 2. The molecule has 0 aliphatic carbocycles. The van der Waals surface area contributed by atoms with Crippen LogP contribution in [0.2, 0.25) is 0 Å². The second-order valence-electron chi connectivity index (χ2n) is 3.69. The smallest absolute Gasteiger partial charge is 0.0213 e. The fourth-order valence-electron chi connectivity index (χ4n) is 1.20. The standard InChI is InChI=1S/C11H19NS/c1-4-5-12-7-10-6-11(9(2)3)13-8-10/h6,8-9,12H,4-5,7H2,1-3H3. The van der Waals surface area contributed by atoms with Gasteiger partial charge >= 0.3 is 0 Å². The third kappa shape index (κ3) is 3.49. The van der Waals surface area contributed by atoms with Crippen LogP contribution in [-0.2, 0) is 6.54 Å². The van der Waals surface area contributed by atoms with Gasteiger partial charge in [-0.3, -0.25) is 0 Å². The lowest BCUT2D eigenvalue weighted by Crippen LogP contribution is -2.12. The minimum atomic E-state index is 0.671. The molecule has 0 amide bonds. The Bertz CT molecular complexity index is 240. The molecule has 0 radical (unpaired) electrons. The van der Waals surface area contributed by atoms with Crippen molar-refractivity contribution in [2.24, 2.45) is 0 Å². The SMILES string of the molecule is CCCNCc1csc(C(C)C)c1. The summed E-state index contributed by atoms with van der Waals surface area (Å²) in [5.41, 5.74) is 1.43. The van der Waals surface area contributed by atoms with E-state index in [2.05, 4.69) is 37.5 Å². The van der Waals surface area contributed by atoms with Crippen molar-refractivity contribution in [1.82, 2.24) is 5.32 Å². The van der Waals surface area contributed by atoms with Crippen molar-refractivity contribution < 1.29 is 0 Å². The van der Waals surface area contributed by atoms with Crippen LogP contribution in [0.1, 0.15) is 43.6 Å². The molecule has 0 saturated carbocycles. The summed E-state index contributed by atoms with van der Waals surface area (Å²) in [6.07, 6.45) is 1.21. The van der Waals surface area contributed by atoms with Gasteiger partial charge < -0.3 is 5.32 Å². The zero-order valence-corrected chi connectivity index (χ0v) is 9.58. The Morgan fingerprint density at radius 3 is 2.77 bits per heavy atom. The van der Waals surface area contributed by atoms with Gasteiger partial charge in [0.25, 0.3) is 0 Å². The van der Waals surface area contributed by atoms with Gasteiger partial charge in [-0.2, -0.15) is 0 Å². The lowest BCUT2D eigenvalue weighted by molar-refractivity contribution is 0.676. The van der Waals surface area contributed by atoms with Gasteiger partial charge in [0.05, 0.1) is 0 Å². The van der Waals surface area contributed by atoms with E-state index in [1.807, 2.05) is 11.3 Å². The minimum absolute atomic E-state index is 0.671. The van der Waals surface area contributed by atoms with Crippen molar-refractivity contribution in [3.63, 3.8) is 0 Å². The number of hydrogen-bond donors (Lipinski definition) is 1. The Morgan fingerprint density at radius 2 is 2.23 bits per heavy atom. The number of nitrogens with one attached hydrogen (secondary N) is 1. The van der Waals surface area contributed by atoms with Gasteiger partial charge in [-0.15, -0.1) is 11.3 Å². The first-order valence-corrected chi connectivity index (χ1v) is 5.90. The van der Waals surface area contributed by atoms with E-state index in [-0.39, 0.29) is 0 Å². The molecule has 74 valence electrons. The molecule has 0 aliphatic rings. The van der Waals surface area contributed by atoms with Crippen LogP contribution in [-0.4, -0.2) is 6.54 Å². The molecule has 0 aromatic carbocycles. The number of rotatable bonds is 5. The van der Waals surface area contributed by atoms with Crippen molar-refractivity contribution in [3.8, 4) is 0 Å². The van der Waals surface area contributed by atoms with Crippen molar-refractivity contribution in [2.45, 2.75) is 39.7 Å². The van der Waals surface area contributed by atoms with E-state index in [1.165, 1.54) is 16.9 Å². The molecule has 0 atom stereocenters. The molecule has 1 aromatic heterocycles. The predicted molar refractivity (Wildman–Crippen MR) is 60.4 cm³/mol. The first-order chi connectivity index (χ1) is 6.24. The highest BCUT2D eigenvalue weighted by Crippen LogP contribution is 2.22. The van der Waals surface area contributed by atoms with Crippen LogP contribution in [0.4, 0.5) is 0 Å². The molecule has 0 aliphatic heterocycles. The van der Waals surface area contributed by atoms with Crippen LogP contribution in [0.5, 0.6) is 0 Å². The topological polar surface area (TPSA) is 12.0 Å². The van der Waals surface area contributed by atoms with Gasteiger partial charge in [-0.25, -0.2) is 0 Å². The zero-order chi connectivity index (χ0) is 9.68. The largest absolute Gasteiger partial charge is 0.313 e. The Labute approximate surface area is 85.2 Å². The molecule has 0 unspecified atom stereocenters. The van der Waals surface area contributed by atoms with E-state index in [0.717, 1.165) is 13.1 Å². The van der Waals surface area contributed by atoms with Crippen LogP contribution < -0.4 is 5.32 Å². The maximum absolute atomic E-state index is 3.41. The second kappa shape index (κ2) is 5.40. The molecular weight excluding hydrogens is 178 g/mol. The molecule has 0 spiro atoms. The summed E-state index contributed by atoms with van der Waals surface area (Å²) in [4.78, 5) is 1.49. The normalized spacial score (nSPS) is 11.1. The highest BCUT2D eigenvalue weighted by molar-refractivity contribution is 7.10. The third-order valence-electron chi connectivity index (χ3n) is 2.00. The fourth-order valence-corrected chi connectivity index (χ4v) is 2.13.